The van der Waals surface area contributed by atoms with Crippen LogP contribution in [0.1, 0.15) is 46.8 Å². The van der Waals surface area contributed by atoms with E-state index in [0.717, 1.165) is 63.5 Å². The van der Waals surface area contributed by atoms with E-state index in [9.17, 15) is 4.79 Å². The zero-order valence-electron chi connectivity index (χ0n) is 15.9. The number of hydrogen-bond acceptors (Lipinski definition) is 4. The van der Waals surface area contributed by atoms with Gasteiger partial charge in [0, 0.05) is 31.4 Å². The number of amides is 1. The molecule has 4 rings (SSSR count). The Balaban J connectivity index is 1.59. The topological polar surface area (TPSA) is 45.7 Å². The minimum absolute atomic E-state index is 0.109. The van der Waals surface area contributed by atoms with Crippen LogP contribution in [0.15, 0.2) is 42.6 Å². The molecule has 0 saturated carbocycles. The molecule has 0 bridgehead atoms. The van der Waals surface area contributed by atoms with Crippen LogP contribution >= 0.6 is 0 Å². The molecule has 0 radical (unpaired) electrons. The maximum atomic E-state index is 13.1. The lowest BCUT2D eigenvalue weighted by molar-refractivity contribution is 0.0610. The minimum atomic E-state index is 0.109. The van der Waals surface area contributed by atoms with Crippen molar-refractivity contribution in [3.8, 4) is 0 Å². The number of benzene rings is 1. The second-order valence-corrected chi connectivity index (χ2v) is 7.37. The van der Waals surface area contributed by atoms with Crippen LogP contribution in [0.2, 0.25) is 0 Å². The van der Waals surface area contributed by atoms with E-state index in [4.69, 9.17) is 9.72 Å². The summed E-state index contributed by atoms with van der Waals surface area (Å²) in [5.74, 6) is 1.13. The van der Waals surface area contributed by atoms with E-state index in [1.807, 2.05) is 41.4 Å². The lowest BCUT2D eigenvalue weighted by Crippen LogP contribution is -2.39. The molecule has 1 amide bonds. The fourth-order valence-electron chi connectivity index (χ4n) is 4.11. The highest BCUT2D eigenvalue weighted by Crippen LogP contribution is 2.34. The highest BCUT2D eigenvalue weighted by atomic mass is 16.5. The molecule has 2 aliphatic rings. The Morgan fingerprint density at radius 2 is 1.89 bits per heavy atom. The van der Waals surface area contributed by atoms with Gasteiger partial charge in [0.1, 0.15) is 5.82 Å². The van der Waals surface area contributed by atoms with Crippen molar-refractivity contribution >= 4 is 11.7 Å². The van der Waals surface area contributed by atoms with Crippen molar-refractivity contribution in [1.29, 1.82) is 0 Å². The van der Waals surface area contributed by atoms with Gasteiger partial charge in [-0.15, -0.1) is 0 Å². The summed E-state index contributed by atoms with van der Waals surface area (Å²) in [6.07, 6.45) is 5.20. The molecule has 0 spiro atoms. The van der Waals surface area contributed by atoms with Gasteiger partial charge in [-0.05, 0) is 55.5 Å². The number of carbonyl (C=O) groups excluding carboxylic acids is 1. The van der Waals surface area contributed by atoms with E-state index < -0.39 is 0 Å². The van der Waals surface area contributed by atoms with Crippen LogP contribution in [-0.2, 0) is 4.74 Å². The summed E-state index contributed by atoms with van der Waals surface area (Å²) in [6.45, 7) is 6.22. The molecule has 0 aliphatic carbocycles. The van der Waals surface area contributed by atoms with Crippen molar-refractivity contribution in [2.75, 3.05) is 37.7 Å². The summed E-state index contributed by atoms with van der Waals surface area (Å²) in [7, 11) is 0. The third kappa shape index (κ3) is 3.83. The van der Waals surface area contributed by atoms with Gasteiger partial charge in [-0.1, -0.05) is 18.2 Å². The van der Waals surface area contributed by atoms with Crippen molar-refractivity contribution < 1.29 is 9.53 Å². The second-order valence-electron chi connectivity index (χ2n) is 7.37. The van der Waals surface area contributed by atoms with E-state index in [1.54, 1.807) is 0 Å². The number of aromatic nitrogens is 1. The standard InChI is InChI=1S/C22H27N3O2/c1-17-15-21(24-11-13-27-14-12-24)23-16-19(17)20-9-5-6-10-25(20)22(26)18-7-3-2-4-8-18/h2-4,7-8,15-16,20H,5-6,9-14H2,1H3/t20-/m1/s1. The Kier molecular flexibility index (Phi) is 5.39. The van der Waals surface area contributed by atoms with Crippen molar-refractivity contribution in [3.05, 3.63) is 59.3 Å². The molecule has 1 atom stereocenters. The SMILES string of the molecule is Cc1cc(N2CCOCC2)ncc1[C@H]1CCCCN1C(=O)c1ccccc1. The Labute approximate surface area is 161 Å². The highest BCUT2D eigenvalue weighted by Gasteiger charge is 2.30. The minimum Gasteiger partial charge on any atom is -0.378 e. The third-order valence-corrected chi connectivity index (χ3v) is 5.62. The molecule has 27 heavy (non-hydrogen) atoms. The molecule has 2 fully saturated rings. The second kappa shape index (κ2) is 8.09. The van der Waals surface area contributed by atoms with Gasteiger partial charge in [0.15, 0.2) is 0 Å². The summed E-state index contributed by atoms with van der Waals surface area (Å²) in [5, 5.41) is 0. The van der Waals surface area contributed by atoms with E-state index in [-0.39, 0.29) is 11.9 Å². The first-order valence-corrected chi connectivity index (χ1v) is 9.89. The van der Waals surface area contributed by atoms with Gasteiger partial charge in [-0.3, -0.25) is 4.79 Å². The summed E-state index contributed by atoms with van der Waals surface area (Å²) in [5.41, 5.74) is 3.15. The first-order chi connectivity index (χ1) is 13.2. The van der Waals surface area contributed by atoms with E-state index in [1.165, 1.54) is 11.1 Å². The van der Waals surface area contributed by atoms with Crippen LogP contribution in [0, 0.1) is 6.92 Å². The first kappa shape index (κ1) is 18.0. The molecule has 0 N–H and O–H groups in total. The number of aryl methyl sites for hydroxylation is 1. The van der Waals surface area contributed by atoms with Crippen molar-refractivity contribution in [2.45, 2.75) is 32.2 Å². The maximum Gasteiger partial charge on any atom is 0.254 e. The molecule has 2 saturated heterocycles. The molecule has 142 valence electrons. The van der Waals surface area contributed by atoms with Crippen molar-refractivity contribution in [1.82, 2.24) is 9.88 Å². The number of pyridine rings is 1. The Bertz CT molecular complexity index is 787. The lowest BCUT2D eigenvalue weighted by atomic mass is 9.92. The van der Waals surface area contributed by atoms with Crippen molar-refractivity contribution in [3.63, 3.8) is 0 Å². The number of ether oxygens (including phenoxy) is 1. The molecule has 2 aromatic rings. The Hall–Kier alpha value is -2.40. The van der Waals surface area contributed by atoms with E-state index >= 15 is 0 Å². The van der Waals surface area contributed by atoms with E-state index in [0.29, 0.717) is 0 Å². The zero-order valence-corrected chi connectivity index (χ0v) is 15.9. The van der Waals surface area contributed by atoms with Gasteiger partial charge in [-0.25, -0.2) is 4.98 Å². The number of likely N-dealkylation sites (tertiary alicyclic amines) is 1. The third-order valence-electron chi connectivity index (χ3n) is 5.62. The number of anilines is 1. The summed E-state index contributed by atoms with van der Waals surface area (Å²) in [4.78, 5) is 22.1. The molecule has 0 unspecified atom stereocenters. The number of rotatable bonds is 3. The maximum absolute atomic E-state index is 13.1. The highest BCUT2D eigenvalue weighted by molar-refractivity contribution is 5.94. The largest absolute Gasteiger partial charge is 0.378 e. The number of hydrogen-bond donors (Lipinski definition) is 0. The molecular formula is C22H27N3O2. The summed E-state index contributed by atoms with van der Waals surface area (Å²) in [6, 6.07) is 11.9. The van der Waals surface area contributed by atoms with Gasteiger partial charge in [0.2, 0.25) is 0 Å². The average Bonchev–Trinajstić information content (AvgIpc) is 2.74. The molecular weight excluding hydrogens is 338 g/mol. The van der Waals surface area contributed by atoms with Crippen LogP contribution in [0.25, 0.3) is 0 Å². The zero-order chi connectivity index (χ0) is 18.6. The number of carbonyl (C=O) groups is 1. The molecule has 5 nitrogen and oxygen atoms in total. The Morgan fingerprint density at radius 3 is 2.63 bits per heavy atom. The van der Waals surface area contributed by atoms with Crippen LogP contribution in [0.5, 0.6) is 0 Å². The van der Waals surface area contributed by atoms with Crippen LogP contribution in [0.4, 0.5) is 5.82 Å². The molecule has 1 aromatic heterocycles. The average molecular weight is 365 g/mol. The van der Waals surface area contributed by atoms with Gasteiger partial charge in [0.05, 0.1) is 19.3 Å². The predicted octanol–water partition coefficient (Wildman–Crippen LogP) is 3.59. The fraction of sp³-hybridized carbons (Fsp3) is 0.455. The molecule has 3 heterocycles. The smallest absolute Gasteiger partial charge is 0.254 e. The summed E-state index contributed by atoms with van der Waals surface area (Å²) >= 11 is 0. The number of piperidine rings is 1. The Morgan fingerprint density at radius 1 is 1.11 bits per heavy atom. The number of morpholine rings is 1. The normalized spacial score (nSPS) is 20.6. The first-order valence-electron chi connectivity index (χ1n) is 9.89. The van der Waals surface area contributed by atoms with Gasteiger partial charge in [-0.2, -0.15) is 0 Å². The van der Waals surface area contributed by atoms with Gasteiger partial charge >= 0.3 is 0 Å². The quantitative estimate of drug-likeness (QED) is 0.834. The van der Waals surface area contributed by atoms with Crippen LogP contribution in [0.3, 0.4) is 0 Å². The molecule has 5 heteroatoms. The fourth-order valence-corrected chi connectivity index (χ4v) is 4.11. The van der Waals surface area contributed by atoms with Crippen LogP contribution < -0.4 is 4.90 Å². The van der Waals surface area contributed by atoms with Crippen molar-refractivity contribution in [2.24, 2.45) is 0 Å². The predicted molar refractivity (Wildman–Crippen MR) is 106 cm³/mol. The number of nitrogens with zero attached hydrogens (tertiary/aromatic N) is 3. The van der Waals surface area contributed by atoms with Gasteiger partial charge in [0.25, 0.3) is 5.91 Å². The van der Waals surface area contributed by atoms with E-state index in [2.05, 4.69) is 17.9 Å². The summed E-state index contributed by atoms with van der Waals surface area (Å²) < 4.78 is 5.44. The monoisotopic (exact) mass is 365 g/mol. The molecule has 2 aliphatic heterocycles. The van der Waals surface area contributed by atoms with Gasteiger partial charge < -0.3 is 14.5 Å². The molecule has 1 aromatic carbocycles. The van der Waals surface area contributed by atoms with Crippen LogP contribution in [-0.4, -0.2) is 48.6 Å². The lowest BCUT2D eigenvalue weighted by Gasteiger charge is -2.37.